The molecule has 1 aromatic rings. The second-order valence-corrected chi connectivity index (χ2v) is 18.6. The van der Waals surface area contributed by atoms with Crippen LogP contribution in [0.15, 0.2) is 65.0 Å². The average Bonchev–Trinajstić information content (AvgIpc) is 3.65. The van der Waals surface area contributed by atoms with Gasteiger partial charge < -0.3 is 39.8 Å². The van der Waals surface area contributed by atoms with Crippen molar-refractivity contribution < 1.29 is 48.7 Å². The van der Waals surface area contributed by atoms with Gasteiger partial charge in [-0.2, -0.15) is 0 Å². The molecule has 0 unspecified atom stereocenters. The number of amides is 1. The molecule has 2 bridgehead atoms. The molecule has 0 radical (unpaired) electrons. The number of esters is 1. The number of aliphatic carboxylic acids is 1. The third kappa shape index (κ3) is 7.24. The lowest BCUT2D eigenvalue weighted by Gasteiger charge is -2.55. The van der Waals surface area contributed by atoms with Gasteiger partial charge in [0, 0.05) is 29.7 Å². The van der Waals surface area contributed by atoms with E-state index >= 15 is 4.79 Å². The first-order valence-corrected chi connectivity index (χ1v) is 21.7. The summed E-state index contributed by atoms with van der Waals surface area (Å²) in [5, 5.41) is 37.6. The summed E-state index contributed by atoms with van der Waals surface area (Å²) in [6, 6.07) is 0.664. The van der Waals surface area contributed by atoms with Gasteiger partial charge >= 0.3 is 11.9 Å². The fraction of sp³-hybridized carbons (Fsp3) is 0.600. The minimum absolute atomic E-state index is 0.0225. The molecule has 59 heavy (non-hydrogen) atoms. The number of hydrogen-bond acceptors (Lipinski definition) is 9. The van der Waals surface area contributed by atoms with Crippen LogP contribution in [-0.4, -0.2) is 80.2 Å². The summed E-state index contributed by atoms with van der Waals surface area (Å²) in [5.74, 6) is -4.71. The first-order chi connectivity index (χ1) is 27.9. The Morgan fingerprint density at radius 3 is 2.49 bits per heavy atom. The number of aliphatic hydroxyl groups excluding tert-OH is 2. The maximum absolute atomic E-state index is 15.2. The smallest absolute Gasteiger partial charge is 0.346 e. The van der Waals surface area contributed by atoms with Gasteiger partial charge in [-0.15, -0.1) is 0 Å². The predicted octanol–water partition coefficient (Wildman–Crippen LogP) is 7.97. The van der Waals surface area contributed by atoms with E-state index in [0.717, 1.165) is 12.0 Å². The van der Waals surface area contributed by atoms with Crippen molar-refractivity contribution in [3.63, 3.8) is 0 Å². The van der Waals surface area contributed by atoms with Crippen molar-refractivity contribution in [3.05, 3.63) is 80.9 Å². The molecular weight excluding hydrogens is 799 g/mol. The summed E-state index contributed by atoms with van der Waals surface area (Å²) in [6.07, 6.45) is 12.3. The first kappa shape index (κ1) is 43.4. The number of nitrogens with one attached hydrogen (secondary N) is 2. The highest BCUT2D eigenvalue weighted by molar-refractivity contribution is 6.36. The van der Waals surface area contributed by atoms with Crippen LogP contribution in [0.1, 0.15) is 103 Å². The predicted molar refractivity (Wildman–Crippen MR) is 220 cm³/mol. The third-order valence-electron chi connectivity index (χ3n) is 14.4. The number of ketones is 1. The molecular formula is C45H56Cl2N2O10. The van der Waals surface area contributed by atoms with Crippen LogP contribution in [0.2, 0.25) is 10.2 Å². The molecule has 1 saturated carbocycles. The number of aromatic nitrogens is 1. The Hall–Kier alpha value is -3.68. The number of Topliss-reactive ketones (excluding diaryl/α,β-unsaturated/α-hetero) is 1. The molecule has 12 nitrogen and oxygen atoms in total. The van der Waals surface area contributed by atoms with Crippen molar-refractivity contribution in [3.8, 4) is 0 Å². The number of carboxylic acid groups (broad SMARTS) is 1. The van der Waals surface area contributed by atoms with E-state index in [1.165, 1.54) is 6.07 Å². The second-order valence-electron chi connectivity index (χ2n) is 17.8. The number of aromatic amines is 1. The van der Waals surface area contributed by atoms with E-state index in [-0.39, 0.29) is 69.3 Å². The van der Waals surface area contributed by atoms with E-state index in [1.54, 1.807) is 19.9 Å². The maximum Gasteiger partial charge on any atom is 0.346 e. The maximum atomic E-state index is 15.2. The standard InChI is InChI=1S/C45H56Cl2N2O10/c1-7-25-20-45-39(52)34(42(56)59-45)38(51)44(8-2)26(12-10-9-11-22(3)19-43(45,6)21-28(25)41(54)55)14-15-27-29(44)16-13-23(4)37(27)58-33-18-31(50)35(24(5)57-33)49-40(53)36-30(46)17-32(47)48-36/h9-10,14-15,17,19,21,23-27,29,31,33,35,37,48,50-51H,7-8,11-13,16,18,20H2,1-6H3,(H,49,53)(H,54,55)/b10-9+,22-19+,38-34-/t23-,24+,25-,26+,27-,29+,31-,33-,35+,37-,43-,44+,45+/m0/s1. The number of H-pyrrole nitrogens is 1. The molecule has 1 amide bonds. The number of ether oxygens (including phenoxy) is 3. The summed E-state index contributed by atoms with van der Waals surface area (Å²) >= 11 is 12.2. The lowest BCUT2D eigenvalue weighted by Crippen LogP contribution is -2.58. The van der Waals surface area contributed by atoms with Gasteiger partial charge in [0.15, 0.2) is 11.9 Å². The van der Waals surface area contributed by atoms with Gasteiger partial charge in [-0.05, 0) is 89.0 Å². The Morgan fingerprint density at radius 1 is 1.10 bits per heavy atom. The molecule has 0 aromatic carbocycles. The van der Waals surface area contributed by atoms with Gasteiger partial charge in [0.25, 0.3) is 5.91 Å². The van der Waals surface area contributed by atoms with Crippen LogP contribution in [0.3, 0.4) is 0 Å². The van der Waals surface area contributed by atoms with E-state index in [2.05, 4.69) is 41.5 Å². The van der Waals surface area contributed by atoms with Crippen molar-refractivity contribution in [1.29, 1.82) is 0 Å². The van der Waals surface area contributed by atoms with Crippen LogP contribution in [0.4, 0.5) is 0 Å². The fourth-order valence-corrected chi connectivity index (χ4v) is 11.9. The zero-order chi connectivity index (χ0) is 42.8. The van der Waals surface area contributed by atoms with E-state index in [1.807, 2.05) is 26.8 Å². The highest BCUT2D eigenvalue weighted by atomic mass is 35.5. The topological polar surface area (TPSA) is 184 Å². The number of allylic oxidation sites excluding steroid dienone is 5. The Morgan fingerprint density at radius 2 is 1.85 bits per heavy atom. The van der Waals surface area contributed by atoms with Gasteiger partial charge in [0.1, 0.15) is 22.2 Å². The van der Waals surface area contributed by atoms with Crippen LogP contribution in [0, 0.1) is 40.4 Å². The minimum Gasteiger partial charge on any atom is -0.511 e. The van der Waals surface area contributed by atoms with Gasteiger partial charge in [-0.3, -0.25) is 9.59 Å². The van der Waals surface area contributed by atoms with Gasteiger partial charge in [0.2, 0.25) is 5.78 Å². The van der Waals surface area contributed by atoms with E-state index in [9.17, 15) is 29.7 Å². The van der Waals surface area contributed by atoms with E-state index < -0.39 is 76.6 Å². The Kier molecular flexibility index (Phi) is 12.0. The molecule has 1 spiro atoms. The van der Waals surface area contributed by atoms with Crippen molar-refractivity contribution in [2.75, 3.05) is 0 Å². The van der Waals surface area contributed by atoms with Crippen LogP contribution in [-0.2, 0) is 28.6 Å². The SMILES string of the molecule is CC[C@H]1C[C@]23OC(=O)/C(=C(\O)[C@@]4(CC)[C@@H]5CC[C@H](C)[C@H](O[C@H]6C[C@H](O)[C@H](NC(=O)c7[nH]c(Cl)cc7Cl)[C@@H](C)O6)[C@H]5C=C[C@H]4C/C=C/C/C(C)=C/[C@@]2(C)C=C1C(=O)O)C3=O. The molecule has 320 valence electrons. The summed E-state index contributed by atoms with van der Waals surface area (Å²) < 4.78 is 19.4. The molecule has 7 rings (SSSR count). The number of carbonyl (C=O) groups is 4. The molecule has 13 atom stereocenters. The van der Waals surface area contributed by atoms with Crippen LogP contribution in [0.25, 0.3) is 0 Å². The number of rotatable bonds is 7. The quantitative estimate of drug-likeness (QED) is 0.102. The number of fused-ring (bicyclic) bond motifs is 4. The van der Waals surface area contributed by atoms with Crippen molar-refractivity contribution in [2.45, 2.75) is 129 Å². The molecule has 1 aromatic heterocycles. The highest BCUT2D eigenvalue weighted by Crippen LogP contribution is 2.61. The Bertz CT molecular complexity index is 2040. The summed E-state index contributed by atoms with van der Waals surface area (Å²) in [4.78, 5) is 57.7. The molecule has 2 aliphatic heterocycles. The molecule has 6 aliphatic rings. The Labute approximate surface area is 355 Å². The average molecular weight is 856 g/mol. The van der Waals surface area contributed by atoms with E-state index in [4.69, 9.17) is 37.4 Å². The van der Waals surface area contributed by atoms with Crippen molar-refractivity contribution in [2.24, 2.45) is 40.4 Å². The first-order valence-electron chi connectivity index (χ1n) is 20.9. The normalized spacial score (nSPS) is 42.3. The molecule has 3 fully saturated rings. The lowest BCUT2D eigenvalue weighted by molar-refractivity contribution is -0.258. The van der Waals surface area contributed by atoms with Crippen molar-refractivity contribution >= 4 is 46.8 Å². The third-order valence-corrected chi connectivity index (χ3v) is 14.9. The van der Waals surface area contributed by atoms with Crippen LogP contribution < -0.4 is 5.32 Å². The number of hydrogen-bond donors (Lipinski definition) is 5. The molecule has 2 saturated heterocycles. The van der Waals surface area contributed by atoms with Crippen LogP contribution >= 0.6 is 23.2 Å². The van der Waals surface area contributed by atoms with E-state index in [0.29, 0.717) is 32.1 Å². The second kappa shape index (κ2) is 16.3. The molecule has 4 aliphatic carbocycles. The number of carboxylic acids is 1. The van der Waals surface area contributed by atoms with Crippen LogP contribution in [0.5, 0.6) is 0 Å². The summed E-state index contributed by atoms with van der Waals surface area (Å²) in [5.41, 5.74) is -3.32. The van der Waals surface area contributed by atoms with Crippen molar-refractivity contribution in [1.82, 2.24) is 10.3 Å². The van der Waals surface area contributed by atoms with Gasteiger partial charge in [0.05, 0.1) is 34.8 Å². The monoisotopic (exact) mass is 854 g/mol. The molecule has 14 heteroatoms. The molecule has 3 heterocycles. The summed E-state index contributed by atoms with van der Waals surface area (Å²) in [6.45, 7) is 11.4. The largest absolute Gasteiger partial charge is 0.511 e. The zero-order valence-corrected chi connectivity index (χ0v) is 35.9. The Balaban J connectivity index is 1.23. The zero-order valence-electron chi connectivity index (χ0n) is 34.4. The van der Waals surface area contributed by atoms with Gasteiger partial charge in [-0.1, -0.05) is 86.0 Å². The number of aliphatic hydroxyl groups is 2. The van der Waals surface area contributed by atoms with Gasteiger partial charge in [-0.25, -0.2) is 9.59 Å². The molecule has 5 N–H and O–H groups in total. The number of halogens is 2. The fourth-order valence-electron chi connectivity index (χ4n) is 11.4. The highest BCUT2D eigenvalue weighted by Gasteiger charge is 2.67. The number of carbonyl (C=O) groups excluding carboxylic acids is 3. The lowest BCUT2D eigenvalue weighted by atomic mass is 9.51. The summed E-state index contributed by atoms with van der Waals surface area (Å²) in [7, 11) is 0. The minimum atomic E-state index is -1.75.